The highest BCUT2D eigenvalue weighted by Crippen LogP contribution is 2.40. The number of esters is 1. The Morgan fingerprint density at radius 2 is 1.80 bits per heavy atom. The number of hydrogen-bond donors (Lipinski definition) is 1. The van der Waals surface area contributed by atoms with Crippen molar-refractivity contribution in [3.05, 3.63) is 80.0 Å². The van der Waals surface area contributed by atoms with Gasteiger partial charge in [-0.1, -0.05) is 18.2 Å². The number of halogens is 1. The van der Waals surface area contributed by atoms with Crippen LogP contribution in [0.5, 0.6) is 0 Å². The van der Waals surface area contributed by atoms with E-state index in [1.807, 2.05) is 0 Å². The summed E-state index contributed by atoms with van der Waals surface area (Å²) in [6.07, 6.45) is 0. The van der Waals surface area contributed by atoms with E-state index in [1.54, 1.807) is 13.8 Å². The fourth-order valence-corrected chi connectivity index (χ4v) is 4.08. The van der Waals surface area contributed by atoms with Crippen molar-refractivity contribution in [1.29, 1.82) is 0 Å². The summed E-state index contributed by atoms with van der Waals surface area (Å²) in [4.78, 5) is 36.5. The minimum absolute atomic E-state index is 0.0810. The van der Waals surface area contributed by atoms with Crippen molar-refractivity contribution < 1.29 is 23.6 Å². The second-order valence-corrected chi connectivity index (χ2v) is 7.67. The number of carbonyl (C=O) groups is 2. The summed E-state index contributed by atoms with van der Waals surface area (Å²) in [6.45, 7) is 3.34. The van der Waals surface area contributed by atoms with Crippen LogP contribution in [0.1, 0.15) is 31.2 Å². The van der Waals surface area contributed by atoms with E-state index in [1.165, 1.54) is 49.6 Å². The van der Waals surface area contributed by atoms with Crippen molar-refractivity contribution in [3.8, 4) is 11.1 Å². The molecule has 1 heterocycles. The van der Waals surface area contributed by atoms with E-state index in [-0.39, 0.29) is 21.8 Å². The van der Waals surface area contributed by atoms with Crippen LogP contribution in [0.25, 0.3) is 11.1 Å². The molecule has 1 amide bonds. The highest BCUT2D eigenvalue weighted by Gasteiger charge is 2.26. The largest absolute Gasteiger partial charge is 0.465 e. The minimum atomic E-state index is -0.663. The molecule has 0 aliphatic carbocycles. The Balaban J connectivity index is 2.04. The van der Waals surface area contributed by atoms with E-state index < -0.39 is 22.6 Å². The van der Waals surface area contributed by atoms with Crippen molar-refractivity contribution in [2.75, 3.05) is 12.4 Å². The number of hydrogen-bond acceptors (Lipinski definition) is 6. The van der Waals surface area contributed by atoms with Gasteiger partial charge in [-0.25, -0.2) is 9.18 Å². The van der Waals surface area contributed by atoms with E-state index in [2.05, 4.69) is 5.32 Å². The number of amides is 1. The summed E-state index contributed by atoms with van der Waals surface area (Å²) in [5.74, 6) is -1.68. The Kier molecular flexibility index (Phi) is 5.93. The van der Waals surface area contributed by atoms with Crippen LogP contribution >= 0.6 is 11.3 Å². The molecule has 0 atom stereocenters. The molecule has 0 bridgehead atoms. The van der Waals surface area contributed by atoms with Crippen LogP contribution < -0.4 is 5.32 Å². The lowest BCUT2D eigenvalue weighted by atomic mass is 10.0. The molecule has 9 heteroatoms. The molecule has 1 aromatic heterocycles. The van der Waals surface area contributed by atoms with Crippen LogP contribution in [0.15, 0.2) is 42.5 Å². The summed E-state index contributed by atoms with van der Waals surface area (Å²) in [7, 11) is 1.22. The van der Waals surface area contributed by atoms with Gasteiger partial charge in [0.05, 0.1) is 12.0 Å². The Bertz CT molecular complexity index is 1150. The van der Waals surface area contributed by atoms with Crippen molar-refractivity contribution in [1.82, 2.24) is 0 Å². The highest BCUT2D eigenvalue weighted by atomic mass is 32.1. The molecule has 0 aliphatic heterocycles. The molecule has 0 aliphatic rings. The molecule has 2 aromatic carbocycles. The van der Waals surface area contributed by atoms with E-state index in [9.17, 15) is 24.1 Å². The van der Waals surface area contributed by atoms with E-state index >= 15 is 0 Å². The van der Waals surface area contributed by atoms with Crippen molar-refractivity contribution in [2.45, 2.75) is 13.8 Å². The number of aryl methyl sites for hydroxylation is 2. The normalized spacial score (nSPS) is 10.5. The summed E-state index contributed by atoms with van der Waals surface area (Å²) >= 11 is 1.16. The molecule has 0 radical (unpaired) electrons. The van der Waals surface area contributed by atoms with Crippen LogP contribution in [-0.4, -0.2) is 23.9 Å². The molecule has 0 saturated carbocycles. The molecule has 7 nitrogen and oxygen atoms in total. The van der Waals surface area contributed by atoms with Crippen LogP contribution in [-0.2, 0) is 4.74 Å². The molecular weight excluding hydrogens is 411 g/mol. The highest BCUT2D eigenvalue weighted by molar-refractivity contribution is 7.17. The van der Waals surface area contributed by atoms with Crippen LogP contribution in [0.4, 0.5) is 15.1 Å². The van der Waals surface area contributed by atoms with Gasteiger partial charge in [-0.05, 0) is 37.6 Å². The number of ether oxygens (including phenoxy) is 1. The maximum Gasteiger partial charge on any atom is 0.341 e. The van der Waals surface area contributed by atoms with Crippen molar-refractivity contribution in [2.24, 2.45) is 0 Å². The number of nitrogens with zero attached hydrogens (tertiary/aromatic N) is 1. The molecule has 0 spiro atoms. The SMILES string of the molecule is COC(=O)c1c(NC(=O)c2ccc(C)c([N+](=O)[O-])c2)sc(C)c1-c1ccc(F)cc1. The van der Waals surface area contributed by atoms with Gasteiger partial charge in [0.15, 0.2) is 0 Å². The zero-order valence-corrected chi connectivity index (χ0v) is 17.1. The predicted octanol–water partition coefficient (Wildman–Crippen LogP) is 5.12. The third-order valence-corrected chi connectivity index (χ3v) is 5.52. The minimum Gasteiger partial charge on any atom is -0.465 e. The number of nitro benzene ring substituents is 1. The first-order valence-corrected chi connectivity index (χ1v) is 9.58. The van der Waals surface area contributed by atoms with E-state index in [0.29, 0.717) is 21.6 Å². The molecule has 3 rings (SSSR count). The Hall–Kier alpha value is -3.59. The lowest BCUT2D eigenvalue weighted by molar-refractivity contribution is -0.385. The second kappa shape index (κ2) is 8.42. The number of nitro groups is 1. The van der Waals surface area contributed by atoms with Crippen LogP contribution in [0, 0.1) is 29.8 Å². The quantitative estimate of drug-likeness (QED) is 0.346. The Morgan fingerprint density at radius 1 is 1.13 bits per heavy atom. The average molecular weight is 428 g/mol. The smallest absolute Gasteiger partial charge is 0.341 e. The maximum atomic E-state index is 13.3. The van der Waals surface area contributed by atoms with Gasteiger partial charge in [0.1, 0.15) is 16.4 Å². The fraction of sp³-hybridized carbons (Fsp3) is 0.143. The van der Waals surface area contributed by atoms with Crippen LogP contribution in [0.3, 0.4) is 0 Å². The Labute approximate surface area is 175 Å². The van der Waals surface area contributed by atoms with Gasteiger partial charge in [-0.3, -0.25) is 14.9 Å². The van der Waals surface area contributed by atoms with Gasteiger partial charge in [0, 0.05) is 27.6 Å². The number of methoxy groups -OCH3 is 1. The number of nitrogens with one attached hydrogen (secondary N) is 1. The summed E-state index contributed by atoms with van der Waals surface area (Å²) < 4.78 is 18.2. The van der Waals surface area contributed by atoms with Gasteiger partial charge < -0.3 is 10.1 Å². The third kappa shape index (κ3) is 4.06. The first-order chi connectivity index (χ1) is 14.2. The lowest BCUT2D eigenvalue weighted by Crippen LogP contribution is -2.14. The van der Waals surface area contributed by atoms with E-state index in [4.69, 9.17) is 4.74 Å². The molecular formula is C21H17FN2O5S. The lowest BCUT2D eigenvalue weighted by Gasteiger charge is -2.09. The topological polar surface area (TPSA) is 98.5 Å². The molecule has 0 fully saturated rings. The standard InChI is InChI=1S/C21H17FN2O5S/c1-11-4-5-14(10-16(11)24(27)28)19(25)23-20-18(21(26)29-3)17(12(2)30-20)13-6-8-15(22)9-7-13/h4-10H,1-3H3,(H,23,25). The second-order valence-electron chi connectivity index (χ2n) is 6.45. The van der Waals surface area contributed by atoms with Gasteiger partial charge in [0.25, 0.3) is 11.6 Å². The molecule has 3 aromatic rings. The summed E-state index contributed by atoms with van der Waals surface area (Å²) in [5.41, 5.74) is 1.59. The van der Waals surface area contributed by atoms with Gasteiger partial charge in [-0.2, -0.15) is 0 Å². The number of carbonyl (C=O) groups excluding carboxylic acids is 2. The first kappa shape index (κ1) is 21.1. The zero-order chi connectivity index (χ0) is 22.0. The monoisotopic (exact) mass is 428 g/mol. The molecule has 30 heavy (non-hydrogen) atoms. The van der Waals surface area contributed by atoms with E-state index in [0.717, 1.165) is 11.3 Å². The van der Waals surface area contributed by atoms with Crippen LogP contribution in [0.2, 0.25) is 0 Å². The maximum absolute atomic E-state index is 13.3. The number of thiophene rings is 1. The number of rotatable bonds is 5. The van der Waals surface area contributed by atoms with Gasteiger partial charge >= 0.3 is 5.97 Å². The van der Waals surface area contributed by atoms with Crippen molar-refractivity contribution in [3.63, 3.8) is 0 Å². The summed E-state index contributed by atoms with van der Waals surface area (Å²) in [6, 6.07) is 9.75. The zero-order valence-electron chi connectivity index (χ0n) is 16.3. The number of anilines is 1. The number of benzene rings is 2. The summed E-state index contributed by atoms with van der Waals surface area (Å²) in [5, 5.41) is 14.0. The Morgan fingerprint density at radius 3 is 2.40 bits per heavy atom. The molecule has 154 valence electrons. The first-order valence-electron chi connectivity index (χ1n) is 8.77. The third-order valence-electron chi connectivity index (χ3n) is 4.50. The van der Waals surface area contributed by atoms with Gasteiger partial charge in [-0.15, -0.1) is 11.3 Å². The molecule has 1 N–H and O–H groups in total. The average Bonchev–Trinajstić information content (AvgIpc) is 3.03. The fourth-order valence-electron chi connectivity index (χ4n) is 3.02. The molecule has 0 saturated heterocycles. The predicted molar refractivity (Wildman–Crippen MR) is 112 cm³/mol. The molecule has 0 unspecified atom stereocenters. The van der Waals surface area contributed by atoms with Crippen molar-refractivity contribution >= 4 is 33.9 Å². The van der Waals surface area contributed by atoms with Gasteiger partial charge in [0.2, 0.25) is 0 Å².